The lowest BCUT2D eigenvalue weighted by Crippen LogP contribution is -2.62. The number of amides is 3. The molecule has 0 spiro atoms. The van der Waals surface area contributed by atoms with Crippen molar-refractivity contribution in [3.8, 4) is 11.4 Å². The number of nitrogens with zero attached hydrogens (tertiary/aromatic N) is 4. The van der Waals surface area contributed by atoms with Gasteiger partial charge in [-0.2, -0.15) is 4.98 Å². The molecule has 5 rings (SSSR count). The van der Waals surface area contributed by atoms with Crippen LogP contribution in [0.15, 0.2) is 51.9 Å². The maximum atomic E-state index is 13.7. The molecule has 2 aromatic carbocycles. The zero-order chi connectivity index (χ0) is 23.8. The van der Waals surface area contributed by atoms with Gasteiger partial charge >= 0.3 is 6.03 Å². The standard InChI is InChI=1S/C26H28N4O3S/c1-16-8-11-19(14-17(16)2)30-25(31)21-6-4-5-7-22(21)29(26(30)32)15-23-27-24(28-33-23)18-9-12-20(34-3)13-10-18/h8-14,21-22H,4-7,15H2,1-3H3. The summed E-state index contributed by atoms with van der Waals surface area (Å²) < 4.78 is 5.55. The van der Waals surface area contributed by atoms with Gasteiger partial charge in [-0.15, -0.1) is 11.8 Å². The first-order chi connectivity index (χ1) is 16.5. The highest BCUT2D eigenvalue weighted by atomic mass is 32.2. The first-order valence-electron chi connectivity index (χ1n) is 11.6. The highest BCUT2D eigenvalue weighted by molar-refractivity contribution is 7.98. The molecule has 176 valence electrons. The summed E-state index contributed by atoms with van der Waals surface area (Å²) in [5.41, 5.74) is 3.65. The van der Waals surface area contributed by atoms with Gasteiger partial charge in [0.05, 0.1) is 11.6 Å². The number of imide groups is 1. The molecule has 8 heteroatoms. The van der Waals surface area contributed by atoms with E-state index < -0.39 is 0 Å². The Kier molecular flexibility index (Phi) is 6.16. The number of urea groups is 1. The van der Waals surface area contributed by atoms with Gasteiger partial charge < -0.3 is 9.42 Å². The number of carbonyl (C=O) groups is 2. The SMILES string of the molecule is CSc1ccc(-c2noc(CN3C(=O)N(c4ccc(C)c(C)c4)C(=O)C4CCCCC43)n2)cc1. The maximum Gasteiger partial charge on any atom is 0.332 e. The Morgan fingerprint density at radius 3 is 2.53 bits per heavy atom. The summed E-state index contributed by atoms with van der Waals surface area (Å²) in [5.74, 6) is 0.550. The molecular weight excluding hydrogens is 448 g/mol. The second-order valence-electron chi connectivity index (χ2n) is 9.05. The maximum absolute atomic E-state index is 13.7. The van der Waals surface area contributed by atoms with Crippen molar-refractivity contribution in [2.24, 2.45) is 5.92 Å². The molecule has 0 N–H and O–H groups in total. The number of hydrogen-bond acceptors (Lipinski definition) is 6. The third kappa shape index (κ3) is 4.11. The van der Waals surface area contributed by atoms with Gasteiger partial charge in [-0.05, 0) is 80.5 Å². The van der Waals surface area contributed by atoms with Crippen LogP contribution in [0.1, 0.15) is 42.7 Å². The van der Waals surface area contributed by atoms with Crippen LogP contribution < -0.4 is 4.90 Å². The van der Waals surface area contributed by atoms with E-state index in [-0.39, 0.29) is 30.4 Å². The summed E-state index contributed by atoms with van der Waals surface area (Å²) in [4.78, 5) is 35.9. The first-order valence-corrected chi connectivity index (χ1v) is 12.9. The molecule has 0 radical (unpaired) electrons. The molecule has 1 saturated carbocycles. The number of aromatic nitrogens is 2. The summed E-state index contributed by atoms with van der Waals surface area (Å²) >= 11 is 1.67. The molecule has 3 aromatic rings. The van der Waals surface area contributed by atoms with E-state index >= 15 is 0 Å². The van der Waals surface area contributed by atoms with E-state index in [0.717, 1.165) is 47.3 Å². The van der Waals surface area contributed by atoms with Gasteiger partial charge in [0.15, 0.2) is 0 Å². The average Bonchev–Trinajstić information content (AvgIpc) is 3.33. The molecule has 1 aromatic heterocycles. The number of carbonyl (C=O) groups excluding carboxylic acids is 2. The fraction of sp³-hybridized carbons (Fsp3) is 0.385. The van der Waals surface area contributed by atoms with Gasteiger partial charge in [-0.3, -0.25) is 4.79 Å². The largest absolute Gasteiger partial charge is 0.337 e. The molecule has 1 aliphatic heterocycles. The van der Waals surface area contributed by atoms with Crippen LogP contribution in [0.5, 0.6) is 0 Å². The molecule has 2 aliphatic rings. The Labute approximate surface area is 203 Å². The van der Waals surface area contributed by atoms with Crippen molar-refractivity contribution in [2.75, 3.05) is 11.2 Å². The smallest absolute Gasteiger partial charge is 0.332 e. The zero-order valence-electron chi connectivity index (χ0n) is 19.7. The van der Waals surface area contributed by atoms with Crippen LogP contribution in [-0.4, -0.2) is 39.3 Å². The Morgan fingerprint density at radius 1 is 1.03 bits per heavy atom. The van der Waals surface area contributed by atoms with Crippen LogP contribution >= 0.6 is 11.8 Å². The molecule has 1 saturated heterocycles. The van der Waals surface area contributed by atoms with Crippen LogP contribution in [0.3, 0.4) is 0 Å². The Hall–Kier alpha value is -3.13. The van der Waals surface area contributed by atoms with Crippen molar-refractivity contribution < 1.29 is 14.1 Å². The number of aryl methyl sites for hydroxylation is 2. The molecule has 2 atom stereocenters. The third-order valence-electron chi connectivity index (χ3n) is 6.97. The first kappa shape index (κ1) is 22.7. The monoisotopic (exact) mass is 476 g/mol. The van der Waals surface area contributed by atoms with Gasteiger partial charge in [0.1, 0.15) is 6.54 Å². The second kappa shape index (κ2) is 9.25. The fourth-order valence-corrected chi connectivity index (χ4v) is 5.32. The van der Waals surface area contributed by atoms with E-state index in [1.807, 2.05) is 62.6 Å². The number of thioether (sulfide) groups is 1. The predicted octanol–water partition coefficient (Wildman–Crippen LogP) is 5.60. The number of benzene rings is 2. The minimum Gasteiger partial charge on any atom is -0.337 e. The summed E-state index contributed by atoms with van der Waals surface area (Å²) in [6.45, 7) is 4.19. The molecule has 34 heavy (non-hydrogen) atoms. The highest BCUT2D eigenvalue weighted by Gasteiger charge is 2.48. The Balaban J connectivity index is 1.44. The Morgan fingerprint density at radius 2 is 1.79 bits per heavy atom. The fourth-order valence-electron chi connectivity index (χ4n) is 4.91. The Bertz CT molecular complexity index is 1220. The highest BCUT2D eigenvalue weighted by Crippen LogP contribution is 2.37. The van der Waals surface area contributed by atoms with Crippen LogP contribution in [0, 0.1) is 19.8 Å². The van der Waals surface area contributed by atoms with Gasteiger partial charge in [0, 0.05) is 16.5 Å². The van der Waals surface area contributed by atoms with Gasteiger partial charge in [-0.1, -0.05) is 24.1 Å². The quantitative estimate of drug-likeness (QED) is 0.446. The van der Waals surface area contributed by atoms with Crippen molar-refractivity contribution in [2.45, 2.75) is 57.0 Å². The molecular formula is C26H28N4O3S. The molecule has 2 fully saturated rings. The molecule has 3 amide bonds. The van der Waals surface area contributed by atoms with Gasteiger partial charge in [-0.25, -0.2) is 9.69 Å². The summed E-state index contributed by atoms with van der Waals surface area (Å²) in [5, 5.41) is 4.14. The lowest BCUT2D eigenvalue weighted by Gasteiger charge is -2.46. The minimum absolute atomic E-state index is 0.102. The molecule has 1 aliphatic carbocycles. The number of fused-ring (bicyclic) bond motifs is 1. The van der Waals surface area contributed by atoms with Crippen molar-refractivity contribution in [1.29, 1.82) is 0 Å². The minimum atomic E-state index is -0.319. The zero-order valence-corrected chi connectivity index (χ0v) is 20.5. The second-order valence-corrected chi connectivity index (χ2v) is 9.93. The molecule has 0 bridgehead atoms. The van der Waals surface area contributed by atoms with Crippen molar-refractivity contribution in [3.63, 3.8) is 0 Å². The van der Waals surface area contributed by atoms with Gasteiger partial charge in [0.25, 0.3) is 0 Å². The lowest BCUT2D eigenvalue weighted by molar-refractivity contribution is -0.127. The summed E-state index contributed by atoms with van der Waals surface area (Å²) in [7, 11) is 0. The summed E-state index contributed by atoms with van der Waals surface area (Å²) in [6, 6.07) is 13.2. The molecule has 2 heterocycles. The van der Waals surface area contributed by atoms with Crippen molar-refractivity contribution in [3.05, 3.63) is 59.5 Å². The molecule has 7 nitrogen and oxygen atoms in total. The normalized spacial score (nSPS) is 20.6. The lowest BCUT2D eigenvalue weighted by atomic mass is 9.81. The van der Waals surface area contributed by atoms with Crippen LogP contribution in [0.25, 0.3) is 11.4 Å². The van der Waals surface area contributed by atoms with Crippen LogP contribution in [-0.2, 0) is 11.3 Å². The van der Waals surface area contributed by atoms with Crippen molar-refractivity contribution >= 4 is 29.4 Å². The van der Waals surface area contributed by atoms with Crippen molar-refractivity contribution in [1.82, 2.24) is 15.0 Å². The van der Waals surface area contributed by atoms with E-state index in [1.165, 1.54) is 4.90 Å². The van der Waals surface area contributed by atoms with Crippen LogP contribution in [0.2, 0.25) is 0 Å². The number of hydrogen-bond donors (Lipinski definition) is 0. The molecule has 2 unspecified atom stereocenters. The number of rotatable bonds is 5. The number of anilines is 1. The van der Waals surface area contributed by atoms with Crippen LogP contribution in [0.4, 0.5) is 10.5 Å². The predicted molar refractivity (Wildman–Crippen MR) is 132 cm³/mol. The van der Waals surface area contributed by atoms with E-state index in [2.05, 4.69) is 10.1 Å². The third-order valence-corrected chi connectivity index (χ3v) is 7.72. The van der Waals surface area contributed by atoms with E-state index in [9.17, 15) is 9.59 Å². The van der Waals surface area contributed by atoms with E-state index in [0.29, 0.717) is 17.4 Å². The summed E-state index contributed by atoms with van der Waals surface area (Å²) in [6.07, 6.45) is 5.61. The van der Waals surface area contributed by atoms with E-state index in [4.69, 9.17) is 4.52 Å². The van der Waals surface area contributed by atoms with Gasteiger partial charge in [0.2, 0.25) is 17.6 Å². The average molecular weight is 477 g/mol. The topological polar surface area (TPSA) is 79.5 Å². The van der Waals surface area contributed by atoms with E-state index in [1.54, 1.807) is 16.7 Å².